The average Bonchev–Trinajstić information content (AvgIpc) is 2.77. The van der Waals surface area contributed by atoms with E-state index in [9.17, 15) is 13.2 Å². The fourth-order valence-corrected chi connectivity index (χ4v) is 1.43. The van der Waals surface area contributed by atoms with Crippen molar-refractivity contribution in [1.82, 2.24) is 19.7 Å². The highest BCUT2D eigenvalue weighted by Gasteiger charge is 2.33. The minimum absolute atomic E-state index is 0.0155. The third kappa shape index (κ3) is 2.30. The van der Waals surface area contributed by atoms with Gasteiger partial charge in [0.2, 0.25) is 0 Å². The van der Waals surface area contributed by atoms with E-state index in [1.54, 1.807) is 0 Å². The Morgan fingerprint density at radius 3 is 2.50 bits per heavy atom. The van der Waals surface area contributed by atoms with Crippen molar-refractivity contribution in [2.24, 2.45) is 5.73 Å². The molecule has 2 aromatic heterocycles. The topological polar surface area (TPSA) is 69.6 Å². The fraction of sp³-hybridized carbons (Fsp3) is 0.111. The quantitative estimate of drug-likeness (QED) is 0.836. The normalized spacial score (nSPS) is 11.5. The van der Waals surface area contributed by atoms with Crippen molar-refractivity contribution in [3.63, 3.8) is 0 Å². The molecule has 0 aromatic carbocycles. The minimum Gasteiger partial charge on any atom is -0.387 e. The molecule has 0 aliphatic rings. The van der Waals surface area contributed by atoms with Gasteiger partial charge in [-0.15, -0.1) is 10.2 Å². The summed E-state index contributed by atoms with van der Waals surface area (Å²) in [7, 11) is 0. The molecule has 18 heavy (non-hydrogen) atoms. The van der Waals surface area contributed by atoms with Crippen LogP contribution in [0.15, 0.2) is 24.5 Å². The molecule has 2 heterocycles. The molecule has 0 spiro atoms. The van der Waals surface area contributed by atoms with Gasteiger partial charge in [-0.2, -0.15) is 13.2 Å². The summed E-state index contributed by atoms with van der Waals surface area (Å²) >= 11 is 4.75. The van der Waals surface area contributed by atoms with Crippen LogP contribution >= 0.6 is 12.2 Å². The van der Waals surface area contributed by atoms with E-state index in [1.165, 1.54) is 23.0 Å². The van der Waals surface area contributed by atoms with E-state index in [0.29, 0.717) is 0 Å². The molecule has 0 radical (unpaired) electrons. The molecule has 0 unspecified atom stereocenters. The first-order valence-electron chi connectivity index (χ1n) is 4.64. The molecular weight excluding hydrogens is 267 g/mol. The predicted octanol–water partition coefficient (Wildman–Crippen LogP) is 1.32. The second-order valence-electron chi connectivity index (χ2n) is 3.26. The number of rotatable bonds is 2. The molecule has 2 aromatic rings. The molecule has 0 saturated carbocycles. The Morgan fingerprint density at radius 2 is 2.00 bits per heavy atom. The molecule has 2 N–H and O–H groups in total. The van der Waals surface area contributed by atoms with Crippen LogP contribution in [0.1, 0.15) is 11.5 Å². The summed E-state index contributed by atoms with van der Waals surface area (Å²) in [5, 5.41) is 6.57. The number of alkyl halides is 3. The van der Waals surface area contributed by atoms with Crippen LogP contribution < -0.4 is 5.73 Å². The van der Waals surface area contributed by atoms with Gasteiger partial charge in [0.05, 0.1) is 0 Å². The van der Waals surface area contributed by atoms with E-state index in [4.69, 9.17) is 18.0 Å². The monoisotopic (exact) mass is 273 g/mol. The van der Waals surface area contributed by atoms with Gasteiger partial charge in [-0.1, -0.05) is 12.2 Å². The molecule has 94 valence electrons. The Balaban J connectivity index is 2.41. The first-order chi connectivity index (χ1) is 8.39. The summed E-state index contributed by atoms with van der Waals surface area (Å²) in [5.74, 6) is 0.391. The van der Waals surface area contributed by atoms with Crippen molar-refractivity contribution in [2.45, 2.75) is 6.18 Å². The highest BCUT2D eigenvalue weighted by atomic mass is 32.1. The van der Waals surface area contributed by atoms with Crippen LogP contribution in [0.25, 0.3) is 5.82 Å². The smallest absolute Gasteiger partial charge is 0.387 e. The van der Waals surface area contributed by atoms with Gasteiger partial charge in [0.25, 0.3) is 0 Å². The molecule has 9 heteroatoms. The van der Waals surface area contributed by atoms with Crippen LogP contribution in [0.2, 0.25) is 0 Å². The maximum atomic E-state index is 12.3. The summed E-state index contributed by atoms with van der Waals surface area (Å²) in [5.41, 5.74) is 4.35. The van der Waals surface area contributed by atoms with Crippen molar-refractivity contribution < 1.29 is 13.2 Å². The Labute approximate surface area is 104 Å². The molecule has 0 bridgehead atoms. The molecule has 0 fully saturated rings. The summed E-state index contributed by atoms with van der Waals surface area (Å²) in [6, 6.07) is 1.99. The minimum atomic E-state index is -4.52. The van der Waals surface area contributed by atoms with Crippen molar-refractivity contribution in [2.75, 3.05) is 0 Å². The molecule has 2 rings (SSSR count). The van der Waals surface area contributed by atoms with Crippen molar-refractivity contribution in [3.05, 3.63) is 36.0 Å². The highest BCUT2D eigenvalue weighted by molar-refractivity contribution is 7.80. The Morgan fingerprint density at radius 1 is 1.28 bits per heavy atom. The van der Waals surface area contributed by atoms with E-state index < -0.39 is 11.9 Å². The first kappa shape index (κ1) is 12.4. The fourth-order valence-electron chi connectivity index (χ4n) is 1.28. The molecule has 0 aliphatic heterocycles. The van der Waals surface area contributed by atoms with Gasteiger partial charge in [-0.05, 0) is 12.1 Å². The van der Waals surface area contributed by atoms with E-state index in [-0.39, 0.29) is 16.6 Å². The SMILES string of the molecule is NC(=S)c1nccn1-c1ccc(C(F)(F)F)nn1. The van der Waals surface area contributed by atoms with Gasteiger partial charge in [0, 0.05) is 12.4 Å². The lowest BCUT2D eigenvalue weighted by molar-refractivity contribution is -0.141. The van der Waals surface area contributed by atoms with Crippen LogP contribution in [0.3, 0.4) is 0 Å². The number of nitrogens with two attached hydrogens (primary N) is 1. The second-order valence-corrected chi connectivity index (χ2v) is 3.70. The van der Waals surface area contributed by atoms with Gasteiger partial charge in [-0.3, -0.25) is 4.57 Å². The number of hydrogen-bond acceptors (Lipinski definition) is 4. The Bertz CT molecular complexity index is 575. The lowest BCUT2D eigenvalue weighted by Crippen LogP contribution is -2.17. The predicted molar refractivity (Wildman–Crippen MR) is 60.0 cm³/mol. The number of aromatic nitrogens is 4. The highest BCUT2D eigenvalue weighted by Crippen LogP contribution is 2.26. The van der Waals surface area contributed by atoms with E-state index in [0.717, 1.165) is 6.07 Å². The largest absolute Gasteiger partial charge is 0.435 e. The number of thiocarbonyl (C=S) groups is 1. The van der Waals surface area contributed by atoms with Gasteiger partial charge in [-0.25, -0.2) is 4.98 Å². The van der Waals surface area contributed by atoms with Crippen LogP contribution in [0.4, 0.5) is 13.2 Å². The van der Waals surface area contributed by atoms with Gasteiger partial charge >= 0.3 is 6.18 Å². The molecule has 0 amide bonds. The van der Waals surface area contributed by atoms with Crippen LogP contribution in [0, 0.1) is 0 Å². The summed E-state index contributed by atoms with van der Waals surface area (Å²) in [6.07, 6.45) is -1.63. The molecule has 0 aliphatic carbocycles. The number of hydrogen-bond donors (Lipinski definition) is 1. The Kier molecular flexibility index (Phi) is 2.99. The lowest BCUT2D eigenvalue weighted by Gasteiger charge is -2.07. The summed E-state index contributed by atoms with van der Waals surface area (Å²) in [6.45, 7) is 0. The van der Waals surface area contributed by atoms with E-state index >= 15 is 0 Å². The van der Waals surface area contributed by atoms with Crippen LogP contribution in [-0.2, 0) is 6.18 Å². The molecule has 5 nitrogen and oxygen atoms in total. The Hall–Kier alpha value is -2.03. The van der Waals surface area contributed by atoms with Crippen molar-refractivity contribution in [3.8, 4) is 5.82 Å². The van der Waals surface area contributed by atoms with Gasteiger partial charge in [0.15, 0.2) is 17.3 Å². The summed E-state index contributed by atoms with van der Waals surface area (Å²) in [4.78, 5) is 3.89. The zero-order valence-corrected chi connectivity index (χ0v) is 9.53. The standard InChI is InChI=1S/C9H6F3N5S/c10-9(11,12)5-1-2-6(16-15-5)17-4-3-14-8(17)7(13)18/h1-4H,(H2,13,18). The molecule has 0 atom stereocenters. The molecule has 0 saturated heterocycles. The third-order valence-corrected chi connectivity index (χ3v) is 2.23. The zero-order valence-electron chi connectivity index (χ0n) is 8.72. The molecular formula is C9H6F3N5S. The summed E-state index contributed by atoms with van der Waals surface area (Å²) < 4.78 is 38.3. The van der Waals surface area contributed by atoms with E-state index in [1.807, 2.05) is 0 Å². The van der Waals surface area contributed by atoms with Crippen LogP contribution in [-0.4, -0.2) is 24.7 Å². The van der Waals surface area contributed by atoms with Gasteiger partial charge in [0.1, 0.15) is 4.99 Å². The average molecular weight is 273 g/mol. The van der Waals surface area contributed by atoms with Crippen molar-refractivity contribution >= 4 is 17.2 Å². The second kappa shape index (κ2) is 4.33. The number of imidazole rings is 1. The maximum Gasteiger partial charge on any atom is 0.435 e. The lowest BCUT2D eigenvalue weighted by atomic mass is 10.4. The van der Waals surface area contributed by atoms with Gasteiger partial charge < -0.3 is 5.73 Å². The van der Waals surface area contributed by atoms with E-state index in [2.05, 4.69) is 15.2 Å². The van der Waals surface area contributed by atoms with Crippen LogP contribution in [0.5, 0.6) is 0 Å². The number of halogens is 3. The zero-order chi connectivity index (χ0) is 13.3. The third-order valence-electron chi connectivity index (χ3n) is 2.05. The number of nitrogens with zero attached hydrogens (tertiary/aromatic N) is 4. The maximum absolute atomic E-state index is 12.3. The van der Waals surface area contributed by atoms with Crippen molar-refractivity contribution in [1.29, 1.82) is 0 Å². The first-order valence-corrected chi connectivity index (χ1v) is 5.05.